The molecule has 0 aliphatic carbocycles. The molecule has 26 heavy (non-hydrogen) atoms. The van der Waals surface area contributed by atoms with Gasteiger partial charge in [0.15, 0.2) is 0 Å². The fourth-order valence-corrected chi connectivity index (χ4v) is 2.74. The van der Waals surface area contributed by atoms with Crippen LogP contribution in [-0.2, 0) is 0 Å². The third kappa shape index (κ3) is 3.97. The van der Waals surface area contributed by atoms with Crippen LogP contribution in [0.15, 0.2) is 77.3 Å². The van der Waals surface area contributed by atoms with Crippen LogP contribution in [-0.4, -0.2) is 11.8 Å². The Morgan fingerprint density at radius 2 is 1.31 bits per heavy atom. The van der Waals surface area contributed by atoms with E-state index in [4.69, 9.17) is 0 Å². The van der Waals surface area contributed by atoms with Gasteiger partial charge in [-0.1, -0.05) is 36.4 Å². The fraction of sp³-hybridized carbons (Fsp3) is 0. The highest BCUT2D eigenvalue weighted by molar-refractivity contribution is 9.10. The zero-order chi connectivity index (χ0) is 18.5. The van der Waals surface area contributed by atoms with Crippen LogP contribution in [0.25, 0.3) is 0 Å². The SMILES string of the molecule is O=C(Nc1ccccc1)c1cccc(C(=O)Nc2ccccc2Br)c1F. The van der Waals surface area contributed by atoms with Gasteiger partial charge in [0.25, 0.3) is 11.8 Å². The molecule has 0 aliphatic heterocycles. The average Bonchev–Trinajstić information content (AvgIpc) is 2.64. The summed E-state index contributed by atoms with van der Waals surface area (Å²) in [6.07, 6.45) is 0. The van der Waals surface area contributed by atoms with Crippen molar-refractivity contribution < 1.29 is 14.0 Å². The quantitative estimate of drug-likeness (QED) is 0.626. The lowest BCUT2D eigenvalue weighted by Gasteiger charge is -2.10. The number of halogens is 2. The van der Waals surface area contributed by atoms with E-state index in [-0.39, 0.29) is 11.1 Å². The molecule has 6 heteroatoms. The molecule has 2 N–H and O–H groups in total. The predicted octanol–water partition coefficient (Wildman–Crippen LogP) is 5.09. The second kappa shape index (κ2) is 7.93. The van der Waals surface area contributed by atoms with Gasteiger partial charge < -0.3 is 10.6 Å². The normalized spacial score (nSPS) is 10.2. The highest BCUT2D eigenvalue weighted by atomic mass is 79.9. The number of hydrogen-bond donors (Lipinski definition) is 2. The topological polar surface area (TPSA) is 58.2 Å². The van der Waals surface area contributed by atoms with Crippen molar-refractivity contribution in [1.82, 2.24) is 0 Å². The van der Waals surface area contributed by atoms with Gasteiger partial charge in [-0.05, 0) is 52.3 Å². The summed E-state index contributed by atoms with van der Waals surface area (Å²) in [6, 6.07) is 19.8. The van der Waals surface area contributed by atoms with E-state index in [0.29, 0.717) is 15.8 Å². The number of hydrogen-bond acceptors (Lipinski definition) is 2. The Morgan fingerprint density at radius 1 is 0.731 bits per heavy atom. The Kier molecular flexibility index (Phi) is 5.43. The third-order valence-corrected chi connectivity index (χ3v) is 4.33. The third-order valence-electron chi connectivity index (χ3n) is 3.64. The largest absolute Gasteiger partial charge is 0.322 e. The highest BCUT2D eigenvalue weighted by Gasteiger charge is 2.20. The lowest BCUT2D eigenvalue weighted by Crippen LogP contribution is -2.19. The van der Waals surface area contributed by atoms with Crippen molar-refractivity contribution in [3.8, 4) is 0 Å². The Balaban J connectivity index is 1.84. The van der Waals surface area contributed by atoms with Crippen LogP contribution in [0.5, 0.6) is 0 Å². The first-order valence-corrected chi connectivity index (χ1v) is 8.56. The molecule has 3 aromatic rings. The zero-order valence-electron chi connectivity index (χ0n) is 13.5. The smallest absolute Gasteiger partial charge is 0.258 e. The Hall–Kier alpha value is -2.99. The number of para-hydroxylation sites is 2. The maximum Gasteiger partial charge on any atom is 0.258 e. The molecular weight excluding hydrogens is 399 g/mol. The monoisotopic (exact) mass is 412 g/mol. The van der Waals surface area contributed by atoms with Gasteiger partial charge in [-0.15, -0.1) is 0 Å². The minimum Gasteiger partial charge on any atom is -0.322 e. The molecule has 0 aliphatic rings. The van der Waals surface area contributed by atoms with E-state index >= 15 is 0 Å². The summed E-state index contributed by atoms with van der Waals surface area (Å²) in [4.78, 5) is 24.7. The van der Waals surface area contributed by atoms with Gasteiger partial charge in [-0.25, -0.2) is 4.39 Å². The maximum absolute atomic E-state index is 14.7. The lowest BCUT2D eigenvalue weighted by molar-refractivity contribution is 0.102. The van der Waals surface area contributed by atoms with Crippen LogP contribution in [0.2, 0.25) is 0 Å². The first-order valence-electron chi connectivity index (χ1n) is 7.77. The van der Waals surface area contributed by atoms with Crippen LogP contribution >= 0.6 is 15.9 Å². The van der Waals surface area contributed by atoms with Gasteiger partial charge in [0.1, 0.15) is 5.82 Å². The second-order valence-corrected chi connectivity index (χ2v) is 6.28. The van der Waals surface area contributed by atoms with Gasteiger partial charge in [-0.3, -0.25) is 9.59 Å². The molecular formula is C20H14BrFN2O2. The Labute approximate surface area is 158 Å². The van der Waals surface area contributed by atoms with Crippen molar-refractivity contribution in [3.63, 3.8) is 0 Å². The molecule has 4 nitrogen and oxygen atoms in total. The summed E-state index contributed by atoms with van der Waals surface area (Å²) >= 11 is 3.32. The minimum absolute atomic E-state index is 0.200. The van der Waals surface area contributed by atoms with Crippen molar-refractivity contribution >= 4 is 39.1 Å². The molecule has 0 aromatic heterocycles. The molecule has 0 saturated heterocycles. The highest BCUT2D eigenvalue weighted by Crippen LogP contribution is 2.23. The van der Waals surface area contributed by atoms with E-state index < -0.39 is 17.6 Å². The van der Waals surface area contributed by atoms with Gasteiger partial charge >= 0.3 is 0 Å². The molecule has 0 spiro atoms. The zero-order valence-corrected chi connectivity index (χ0v) is 15.1. The van der Waals surface area contributed by atoms with E-state index in [1.165, 1.54) is 18.2 Å². The number of carbonyl (C=O) groups excluding carboxylic acids is 2. The molecule has 3 aromatic carbocycles. The van der Waals surface area contributed by atoms with E-state index in [0.717, 1.165) is 0 Å². The van der Waals surface area contributed by atoms with Crippen LogP contribution in [0.4, 0.5) is 15.8 Å². The van der Waals surface area contributed by atoms with Crippen molar-refractivity contribution in [1.29, 1.82) is 0 Å². The summed E-state index contributed by atoms with van der Waals surface area (Å²) in [6.45, 7) is 0. The average molecular weight is 413 g/mol. The van der Waals surface area contributed by atoms with Gasteiger partial charge in [0.2, 0.25) is 0 Å². The number of carbonyl (C=O) groups is 2. The summed E-state index contributed by atoms with van der Waals surface area (Å²) in [7, 11) is 0. The molecule has 2 amide bonds. The second-order valence-electron chi connectivity index (χ2n) is 5.42. The first-order chi connectivity index (χ1) is 12.6. The van der Waals surface area contributed by atoms with E-state index in [2.05, 4.69) is 26.6 Å². The maximum atomic E-state index is 14.7. The van der Waals surface area contributed by atoms with E-state index in [1.54, 1.807) is 48.5 Å². The summed E-state index contributed by atoms with van der Waals surface area (Å²) < 4.78 is 15.4. The molecule has 0 fully saturated rings. The van der Waals surface area contributed by atoms with Crippen molar-refractivity contribution in [2.45, 2.75) is 0 Å². The fourth-order valence-electron chi connectivity index (χ4n) is 2.35. The molecule has 0 unspecified atom stereocenters. The standard InChI is InChI=1S/C20H14BrFN2O2/c21-16-11-4-5-12-17(16)24-20(26)15-10-6-9-14(18(15)22)19(25)23-13-7-2-1-3-8-13/h1-12H,(H,23,25)(H,24,26). The number of benzene rings is 3. The Bertz CT molecular complexity index is 961. The summed E-state index contributed by atoms with van der Waals surface area (Å²) in [5.41, 5.74) is 0.645. The molecule has 0 bridgehead atoms. The van der Waals surface area contributed by atoms with Crippen LogP contribution in [0.3, 0.4) is 0 Å². The lowest BCUT2D eigenvalue weighted by atomic mass is 10.1. The number of rotatable bonds is 4. The Morgan fingerprint density at radius 3 is 1.96 bits per heavy atom. The first kappa shape index (κ1) is 17.8. The summed E-state index contributed by atoms with van der Waals surface area (Å²) in [5, 5.41) is 5.23. The van der Waals surface area contributed by atoms with Crippen LogP contribution in [0.1, 0.15) is 20.7 Å². The van der Waals surface area contributed by atoms with Gasteiger partial charge in [-0.2, -0.15) is 0 Å². The molecule has 0 heterocycles. The molecule has 130 valence electrons. The van der Waals surface area contributed by atoms with Gasteiger partial charge in [0, 0.05) is 10.2 Å². The van der Waals surface area contributed by atoms with E-state index in [9.17, 15) is 14.0 Å². The van der Waals surface area contributed by atoms with Gasteiger partial charge in [0.05, 0.1) is 16.8 Å². The van der Waals surface area contributed by atoms with Crippen molar-refractivity contribution in [3.05, 3.63) is 94.2 Å². The molecule has 3 rings (SSSR count). The van der Waals surface area contributed by atoms with Crippen molar-refractivity contribution in [2.24, 2.45) is 0 Å². The number of anilines is 2. The minimum atomic E-state index is -0.870. The molecule has 0 atom stereocenters. The van der Waals surface area contributed by atoms with E-state index in [1.807, 2.05) is 6.07 Å². The van der Waals surface area contributed by atoms with Crippen LogP contribution in [0, 0.1) is 5.82 Å². The number of amides is 2. The summed E-state index contributed by atoms with van der Waals surface area (Å²) in [5.74, 6) is -2.13. The number of nitrogens with one attached hydrogen (secondary N) is 2. The molecule has 0 saturated carbocycles. The van der Waals surface area contributed by atoms with Crippen molar-refractivity contribution in [2.75, 3.05) is 10.6 Å². The van der Waals surface area contributed by atoms with Crippen LogP contribution < -0.4 is 10.6 Å². The molecule has 0 radical (unpaired) electrons. The predicted molar refractivity (Wildman–Crippen MR) is 103 cm³/mol.